The first-order valence-electron chi connectivity index (χ1n) is 10.7. The van der Waals surface area contributed by atoms with Crippen LogP contribution < -0.4 is 10.6 Å². The van der Waals surface area contributed by atoms with E-state index in [-0.39, 0.29) is 30.9 Å². The summed E-state index contributed by atoms with van der Waals surface area (Å²) in [4.78, 5) is 27.8. The molecular formula is C22H27F3N4O3. The van der Waals surface area contributed by atoms with Gasteiger partial charge in [0.25, 0.3) is 0 Å². The lowest BCUT2D eigenvalue weighted by Gasteiger charge is -2.37. The number of ether oxygens (including phenoxy) is 1. The van der Waals surface area contributed by atoms with Gasteiger partial charge in [0.15, 0.2) is 0 Å². The average molecular weight is 452 g/mol. The SMILES string of the molecule is CCOCC(=O)N1C[C@@H](C(N)=O)[C@H](C2CCN(c3ccc(C#N)c(C(F)(F)F)c3)CC2)C1. The van der Waals surface area contributed by atoms with E-state index in [1.807, 2.05) is 4.90 Å². The number of hydrogen-bond acceptors (Lipinski definition) is 5. The summed E-state index contributed by atoms with van der Waals surface area (Å²) < 4.78 is 45.1. The van der Waals surface area contributed by atoms with Crippen LogP contribution in [0.3, 0.4) is 0 Å². The van der Waals surface area contributed by atoms with E-state index in [2.05, 4.69) is 0 Å². The Morgan fingerprint density at radius 1 is 1.25 bits per heavy atom. The van der Waals surface area contributed by atoms with E-state index in [1.54, 1.807) is 17.9 Å². The van der Waals surface area contributed by atoms with Crippen molar-refractivity contribution in [1.82, 2.24) is 4.90 Å². The normalized spacial score (nSPS) is 22.1. The molecule has 10 heteroatoms. The van der Waals surface area contributed by atoms with E-state index in [0.29, 0.717) is 44.8 Å². The van der Waals surface area contributed by atoms with E-state index in [1.165, 1.54) is 12.1 Å². The molecule has 0 spiro atoms. The number of benzene rings is 1. The zero-order chi connectivity index (χ0) is 23.5. The van der Waals surface area contributed by atoms with Crippen molar-refractivity contribution in [3.63, 3.8) is 0 Å². The van der Waals surface area contributed by atoms with Gasteiger partial charge in [-0.3, -0.25) is 9.59 Å². The zero-order valence-corrected chi connectivity index (χ0v) is 17.9. The second-order valence-electron chi connectivity index (χ2n) is 8.27. The molecule has 2 atom stereocenters. The first kappa shape index (κ1) is 23.9. The summed E-state index contributed by atoms with van der Waals surface area (Å²) in [7, 11) is 0. The molecule has 1 aromatic carbocycles. The lowest BCUT2D eigenvalue weighted by atomic mass is 9.78. The van der Waals surface area contributed by atoms with Gasteiger partial charge in [0.05, 0.1) is 23.1 Å². The lowest BCUT2D eigenvalue weighted by Crippen LogP contribution is -2.40. The van der Waals surface area contributed by atoms with Crippen LogP contribution in [-0.2, 0) is 20.5 Å². The molecule has 1 aromatic rings. The molecule has 2 N–H and O–H groups in total. The molecule has 2 aliphatic rings. The number of likely N-dealkylation sites (tertiary alicyclic amines) is 1. The van der Waals surface area contributed by atoms with Crippen LogP contribution in [0.15, 0.2) is 18.2 Å². The number of hydrogen-bond donors (Lipinski definition) is 1. The lowest BCUT2D eigenvalue weighted by molar-refractivity contribution is -0.138. The Morgan fingerprint density at radius 2 is 1.94 bits per heavy atom. The predicted molar refractivity (Wildman–Crippen MR) is 110 cm³/mol. The number of amides is 2. The second-order valence-corrected chi connectivity index (χ2v) is 8.27. The van der Waals surface area contributed by atoms with Crippen LogP contribution in [0.25, 0.3) is 0 Å². The molecule has 2 fully saturated rings. The summed E-state index contributed by atoms with van der Waals surface area (Å²) in [6, 6.07) is 5.35. The molecule has 2 saturated heterocycles. The number of alkyl halides is 3. The van der Waals surface area contributed by atoms with Crippen molar-refractivity contribution in [2.75, 3.05) is 44.3 Å². The Kier molecular flexibility index (Phi) is 7.29. The summed E-state index contributed by atoms with van der Waals surface area (Å²) in [6.07, 6.45) is -3.26. The number of carbonyl (C=O) groups is 2. The number of carbonyl (C=O) groups excluding carboxylic acids is 2. The van der Waals surface area contributed by atoms with Crippen LogP contribution in [-0.4, -0.2) is 56.1 Å². The Labute approximate surface area is 184 Å². The van der Waals surface area contributed by atoms with Gasteiger partial charge in [-0.1, -0.05) is 0 Å². The highest BCUT2D eigenvalue weighted by molar-refractivity contribution is 5.82. The molecule has 2 amide bonds. The van der Waals surface area contributed by atoms with Crippen molar-refractivity contribution in [2.24, 2.45) is 23.5 Å². The van der Waals surface area contributed by atoms with E-state index >= 15 is 0 Å². The van der Waals surface area contributed by atoms with Gasteiger partial charge < -0.3 is 20.3 Å². The second kappa shape index (κ2) is 9.77. The Hall–Kier alpha value is -2.80. The predicted octanol–water partition coefficient (Wildman–Crippen LogP) is 2.39. The summed E-state index contributed by atoms with van der Waals surface area (Å²) in [5.74, 6) is -0.994. The summed E-state index contributed by atoms with van der Waals surface area (Å²) in [5.41, 5.74) is 4.69. The monoisotopic (exact) mass is 452 g/mol. The number of halogens is 3. The fourth-order valence-corrected chi connectivity index (χ4v) is 4.74. The van der Waals surface area contributed by atoms with Gasteiger partial charge in [0.2, 0.25) is 11.8 Å². The Bertz CT molecular complexity index is 891. The third-order valence-electron chi connectivity index (χ3n) is 6.45. The fraction of sp³-hybridized carbons (Fsp3) is 0.591. The molecule has 0 aliphatic carbocycles. The number of nitriles is 1. The van der Waals surface area contributed by atoms with Crippen molar-refractivity contribution >= 4 is 17.5 Å². The maximum Gasteiger partial charge on any atom is 0.417 e. The summed E-state index contributed by atoms with van der Waals surface area (Å²) >= 11 is 0. The quantitative estimate of drug-likeness (QED) is 0.715. The first-order valence-corrected chi connectivity index (χ1v) is 10.7. The number of nitrogens with two attached hydrogens (primary N) is 1. The maximum atomic E-state index is 13.3. The van der Waals surface area contributed by atoms with Crippen molar-refractivity contribution in [1.29, 1.82) is 5.26 Å². The molecule has 174 valence electrons. The molecule has 0 saturated carbocycles. The fourth-order valence-electron chi connectivity index (χ4n) is 4.74. The zero-order valence-electron chi connectivity index (χ0n) is 17.9. The van der Waals surface area contributed by atoms with E-state index in [4.69, 9.17) is 15.7 Å². The van der Waals surface area contributed by atoms with Crippen LogP contribution >= 0.6 is 0 Å². The van der Waals surface area contributed by atoms with Gasteiger partial charge in [-0.2, -0.15) is 18.4 Å². The molecule has 7 nitrogen and oxygen atoms in total. The Morgan fingerprint density at radius 3 is 2.50 bits per heavy atom. The van der Waals surface area contributed by atoms with Gasteiger partial charge in [-0.15, -0.1) is 0 Å². The van der Waals surface area contributed by atoms with Crippen molar-refractivity contribution in [2.45, 2.75) is 25.9 Å². The smallest absolute Gasteiger partial charge is 0.372 e. The van der Waals surface area contributed by atoms with Gasteiger partial charge in [0.1, 0.15) is 6.61 Å². The van der Waals surface area contributed by atoms with Crippen LogP contribution in [0.2, 0.25) is 0 Å². The number of rotatable bonds is 6. The largest absolute Gasteiger partial charge is 0.417 e. The van der Waals surface area contributed by atoms with Gasteiger partial charge in [0, 0.05) is 38.5 Å². The van der Waals surface area contributed by atoms with Crippen LogP contribution in [0, 0.1) is 29.1 Å². The molecule has 0 unspecified atom stereocenters. The third-order valence-corrected chi connectivity index (χ3v) is 6.45. The highest BCUT2D eigenvalue weighted by atomic mass is 19.4. The average Bonchev–Trinajstić information content (AvgIpc) is 3.22. The van der Waals surface area contributed by atoms with Gasteiger partial charge in [-0.05, 0) is 49.8 Å². The molecular weight excluding hydrogens is 425 g/mol. The molecule has 2 heterocycles. The van der Waals surface area contributed by atoms with E-state index < -0.39 is 29.1 Å². The highest BCUT2D eigenvalue weighted by Crippen LogP contribution is 2.38. The van der Waals surface area contributed by atoms with Crippen molar-refractivity contribution in [3.8, 4) is 6.07 Å². The van der Waals surface area contributed by atoms with Crippen LogP contribution in [0.4, 0.5) is 18.9 Å². The minimum absolute atomic E-state index is 0.0343. The standard InChI is InChI=1S/C22H27F3N4O3/c1-2-32-13-20(30)29-11-17(18(12-29)21(27)31)14-5-7-28(8-6-14)16-4-3-15(10-26)19(9-16)22(23,24)25/h3-4,9,14,17-18H,2,5-8,11-13H2,1H3,(H2,27,31)/t17-,18+/m0/s1. The van der Waals surface area contributed by atoms with E-state index in [9.17, 15) is 22.8 Å². The molecule has 3 rings (SSSR count). The first-order chi connectivity index (χ1) is 15.2. The molecule has 0 aromatic heterocycles. The van der Waals surface area contributed by atoms with Crippen molar-refractivity contribution in [3.05, 3.63) is 29.3 Å². The van der Waals surface area contributed by atoms with Gasteiger partial charge in [-0.25, -0.2) is 0 Å². The Balaban J connectivity index is 1.68. The van der Waals surface area contributed by atoms with Crippen molar-refractivity contribution < 1.29 is 27.5 Å². The number of nitrogens with zero attached hydrogens (tertiary/aromatic N) is 3. The van der Waals surface area contributed by atoms with E-state index in [0.717, 1.165) is 6.07 Å². The molecule has 0 bridgehead atoms. The third kappa shape index (κ3) is 5.15. The minimum Gasteiger partial charge on any atom is -0.372 e. The van der Waals surface area contributed by atoms with Crippen LogP contribution in [0.5, 0.6) is 0 Å². The molecule has 2 aliphatic heterocycles. The topological polar surface area (TPSA) is 99.7 Å². The highest BCUT2D eigenvalue weighted by Gasteiger charge is 2.43. The number of primary amides is 1. The molecule has 0 radical (unpaired) electrons. The van der Waals surface area contributed by atoms with Crippen LogP contribution in [0.1, 0.15) is 30.9 Å². The number of anilines is 1. The summed E-state index contributed by atoms with van der Waals surface area (Å²) in [6.45, 7) is 3.92. The number of piperidine rings is 1. The summed E-state index contributed by atoms with van der Waals surface area (Å²) in [5, 5.41) is 8.98. The minimum atomic E-state index is -4.60. The molecule has 32 heavy (non-hydrogen) atoms. The maximum absolute atomic E-state index is 13.3. The van der Waals surface area contributed by atoms with Gasteiger partial charge >= 0.3 is 6.18 Å².